The van der Waals surface area contributed by atoms with Crippen molar-refractivity contribution in [3.63, 3.8) is 0 Å². The maximum Gasteiger partial charge on any atom is 0.305 e. The van der Waals surface area contributed by atoms with E-state index in [-0.39, 0.29) is 6.42 Å². The number of carboxylic acids is 1. The molecule has 0 saturated carbocycles. The van der Waals surface area contributed by atoms with Gasteiger partial charge in [0.2, 0.25) is 0 Å². The zero-order valence-corrected chi connectivity index (χ0v) is 6.53. The number of carboxylic acid groups (broad SMARTS) is 1. The van der Waals surface area contributed by atoms with Gasteiger partial charge in [0.15, 0.2) is 0 Å². The lowest BCUT2D eigenvalue weighted by Crippen LogP contribution is -2.07. The molecule has 0 aromatic carbocycles. The quantitative estimate of drug-likeness (QED) is 0.699. The van der Waals surface area contributed by atoms with Crippen LogP contribution >= 0.6 is 0 Å². The normalized spacial score (nSPS) is 9.33. The van der Waals surface area contributed by atoms with E-state index in [1.54, 1.807) is 24.5 Å². The Kier molecular flexibility index (Phi) is 3.07. The van der Waals surface area contributed by atoms with E-state index >= 15 is 0 Å². The first-order valence-electron chi connectivity index (χ1n) is 3.65. The Morgan fingerprint density at radius 1 is 1.50 bits per heavy atom. The third-order valence-electron chi connectivity index (χ3n) is 1.35. The van der Waals surface area contributed by atoms with Crippen LogP contribution in [0.5, 0.6) is 0 Å². The van der Waals surface area contributed by atoms with Gasteiger partial charge in [-0.2, -0.15) is 0 Å². The zero-order valence-electron chi connectivity index (χ0n) is 6.53. The second kappa shape index (κ2) is 4.33. The SMILES string of the molecule is O=C(O)CCNc1ccncc1. The van der Waals surface area contributed by atoms with Gasteiger partial charge in [-0.25, -0.2) is 0 Å². The summed E-state index contributed by atoms with van der Waals surface area (Å²) in [5, 5.41) is 11.3. The molecule has 64 valence electrons. The lowest BCUT2D eigenvalue weighted by Gasteiger charge is -2.02. The van der Waals surface area contributed by atoms with Crippen molar-refractivity contribution in [2.45, 2.75) is 6.42 Å². The second-order valence-corrected chi connectivity index (χ2v) is 2.31. The smallest absolute Gasteiger partial charge is 0.305 e. The van der Waals surface area contributed by atoms with Gasteiger partial charge >= 0.3 is 5.97 Å². The minimum Gasteiger partial charge on any atom is -0.481 e. The first-order valence-corrected chi connectivity index (χ1v) is 3.65. The van der Waals surface area contributed by atoms with Gasteiger partial charge in [-0.1, -0.05) is 0 Å². The summed E-state index contributed by atoms with van der Waals surface area (Å²) >= 11 is 0. The van der Waals surface area contributed by atoms with Crippen LogP contribution in [-0.4, -0.2) is 22.6 Å². The molecule has 0 aliphatic carbocycles. The molecular weight excluding hydrogens is 156 g/mol. The highest BCUT2D eigenvalue weighted by molar-refractivity contribution is 5.67. The molecule has 12 heavy (non-hydrogen) atoms. The topological polar surface area (TPSA) is 62.2 Å². The van der Waals surface area contributed by atoms with Crippen molar-refractivity contribution in [2.24, 2.45) is 0 Å². The van der Waals surface area contributed by atoms with E-state index in [4.69, 9.17) is 5.11 Å². The lowest BCUT2D eigenvalue weighted by molar-refractivity contribution is -0.136. The van der Waals surface area contributed by atoms with Crippen molar-refractivity contribution in [1.29, 1.82) is 0 Å². The van der Waals surface area contributed by atoms with Gasteiger partial charge in [-0.3, -0.25) is 9.78 Å². The number of hydrogen-bond donors (Lipinski definition) is 2. The number of anilines is 1. The first-order chi connectivity index (χ1) is 5.79. The third-order valence-corrected chi connectivity index (χ3v) is 1.35. The Bertz CT molecular complexity index is 248. The van der Waals surface area contributed by atoms with Gasteiger partial charge in [0.25, 0.3) is 0 Å². The molecule has 0 aliphatic heterocycles. The van der Waals surface area contributed by atoms with Gasteiger partial charge in [-0.05, 0) is 12.1 Å². The minimum atomic E-state index is -0.795. The van der Waals surface area contributed by atoms with Crippen LogP contribution in [0.3, 0.4) is 0 Å². The van der Waals surface area contributed by atoms with E-state index in [9.17, 15) is 4.79 Å². The van der Waals surface area contributed by atoms with Crippen LogP contribution in [0.2, 0.25) is 0 Å². The summed E-state index contributed by atoms with van der Waals surface area (Å²) in [5.74, 6) is -0.795. The summed E-state index contributed by atoms with van der Waals surface area (Å²) in [5.41, 5.74) is 0.895. The largest absolute Gasteiger partial charge is 0.481 e. The average molecular weight is 166 g/mol. The molecule has 0 unspecified atom stereocenters. The van der Waals surface area contributed by atoms with Crippen molar-refractivity contribution in [2.75, 3.05) is 11.9 Å². The van der Waals surface area contributed by atoms with Crippen molar-refractivity contribution >= 4 is 11.7 Å². The van der Waals surface area contributed by atoms with E-state index in [2.05, 4.69) is 10.3 Å². The van der Waals surface area contributed by atoms with E-state index in [0.29, 0.717) is 6.54 Å². The van der Waals surface area contributed by atoms with E-state index in [1.807, 2.05) is 0 Å². The van der Waals surface area contributed by atoms with E-state index in [1.165, 1.54) is 0 Å². The number of pyridine rings is 1. The van der Waals surface area contributed by atoms with Crippen LogP contribution in [0, 0.1) is 0 Å². The molecule has 1 rings (SSSR count). The van der Waals surface area contributed by atoms with Gasteiger partial charge < -0.3 is 10.4 Å². The summed E-state index contributed by atoms with van der Waals surface area (Å²) in [6, 6.07) is 3.59. The minimum absolute atomic E-state index is 0.127. The maximum absolute atomic E-state index is 10.1. The Balaban J connectivity index is 2.29. The fourth-order valence-electron chi connectivity index (χ4n) is 0.784. The summed E-state index contributed by atoms with van der Waals surface area (Å²) in [4.78, 5) is 14.0. The number of aliphatic carboxylic acids is 1. The molecule has 0 amide bonds. The fourth-order valence-corrected chi connectivity index (χ4v) is 0.784. The van der Waals surface area contributed by atoms with Gasteiger partial charge in [0, 0.05) is 24.6 Å². The molecule has 0 atom stereocenters. The summed E-state index contributed by atoms with van der Waals surface area (Å²) in [7, 11) is 0. The van der Waals surface area contributed by atoms with Gasteiger partial charge in [-0.15, -0.1) is 0 Å². The molecule has 1 heterocycles. The molecule has 0 aliphatic rings. The number of nitrogens with zero attached hydrogens (tertiary/aromatic N) is 1. The van der Waals surface area contributed by atoms with Crippen LogP contribution < -0.4 is 5.32 Å². The Morgan fingerprint density at radius 2 is 2.17 bits per heavy atom. The van der Waals surface area contributed by atoms with Crippen LogP contribution in [-0.2, 0) is 4.79 Å². The summed E-state index contributed by atoms with van der Waals surface area (Å²) < 4.78 is 0. The van der Waals surface area contributed by atoms with Gasteiger partial charge in [0.1, 0.15) is 0 Å². The molecule has 4 heteroatoms. The second-order valence-electron chi connectivity index (χ2n) is 2.31. The Hall–Kier alpha value is -1.58. The number of hydrogen-bond acceptors (Lipinski definition) is 3. The molecule has 0 saturated heterocycles. The Morgan fingerprint density at radius 3 is 2.75 bits per heavy atom. The standard InChI is InChI=1S/C8H10N2O2/c11-8(12)3-6-10-7-1-4-9-5-2-7/h1-2,4-5H,3,6H2,(H,9,10)(H,11,12). The average Bonchev–Trinajstić information content (AvgIpc) is 2.05. The van der Waals surface area contributed by atoms with Crippen LogP contribution in [0.25, 0.3) is 0 Å². The molecule has 0 fully saturated rings. The van der Waals surface area contributed by atoms with Crippen LogP contribution in [0.4, 0.5) is 5.69 Å². The summed E-state index contributed by atoms with van der Waals surface area (Å²) in [6.07, 6.45) is 3.44. The van der Waals surface area contributed by atoms with Crippen molar-refractivity contribution in [3.8, 4) is 0 Å². The molecule has 0 spiro atoms. The highest BCUT2D eigenvalue weighted by atomic mass is 16.4. The van der Waals surface area contributed by atoms with Crippen molar-refractivity contribution in [1.82, 2.24) is 4.98 Å². The number of aromatic nitrogens is 1. The fraction of sp³-hybridized carbons (Fsp3) is 0.250. The lowest BCUT2D eigenvalue weighted by atomic mass is 10.4. The highest BCUT2D eigenvalue weighted by Gasteiger charge is 1.95. The Labute approximate surface area is 70.3 Å². The van der Waals surface area contributed by atoms with Crippen LogP contribution in [0.15, 0.2) is 24.5 Å². The number of carbonyl (C=O) groups is 1. The maximum atomic E-state index is 10.1. The molecule has 2 N–H and O–H groups in total. The highest BCUT2D eigenvalue weighted by Crippen LogP contribution is 2.02. The van der Waals surface area contributed by atoms with E-state index < -0.39 is 5.97 Å². The number of nitrogens with one attached hydrogen (secondary N) is 1. The summed E-state index contributed by atoms with van der Waals surface area (Å²) in [6.45, 7) is 0.444. The predicted octanol–water partition coefficient (Wildman–Crippen LogP) is 0.968. The number of rotatable bonds is 4. The van der Waals surface area contributed by atoms with Crippen molar-refractivity contribution in [3.05, 3.63) is 24.5 Å². The first kappa shape index (κ1) is 8.52. The zero-order chi connectivity index (χ0) is 8.81. The molecule has 0 radical (unpaired) electrons. The molecule has 0 bridgehead atoms. The van der Waals surface area contributed by atoms with Gasteiger partial charge in [0.05, 0.1) is 6.42 Å². The third kappa shape index (κ3) is 3.01. The van der Waals surface area contributed by atoms with Crippen LogP contribution in [0.1, 0.15) is 6.42 Å². The molecular formula is C8H10N2O2. The molecule has 1 aromatic rings. The monoisotopic (exact) mass is 166 g/mol. The molecule has 4 nitrogen and oxygen atoms in total. The predicted molar refractivity (Wildman–Crippen MR) is 45.0 cm³/mol. The van der Waals surface area contributed by atoms with Crippen molar-refractivity contribution < 1.29 is 9.90 Å². The molecule has 1 aromatic heterocycles. The van der Waals surface area contributed by atoms with E-state index in [0.717, 1.165) is 5.69 Å².